The predicted octanol–water partition coefficient (Wildman–Crippen LogP) is 4.91. The van der Waals surface area contributed by atoms with Gasteiger partial charge in [-0.05, 0) is 55.4 Å². The first kappa shape index (κ1) is 21.7. The maximum absolute atomic E-state index is 12.1. The van der Waals surface area contributed by atoms with Gasteiger partial charge in [-0.3, -0.25) is 4.90 Å². The van der Waals surface area contributed by atoms with Crippen molar-refractivity contribution in [2.45, 2.75) is 81.6 Å². The first-order chi connectivity index (χ1) is 14.0. The second kappa shape index (κ2) is 6.97. The first-order valence-corrected chi connectivity index (χ1v) is 14.2. The largest absolute Gasteiger partial charge is 0.541 e. The highest BCUT2D eigenvalue weighted by atomic mass is 28.4. The molecule has 1 aromatic rings. The van der Waals surface area contributed by atoms with Crippen molar-refractivity contribution in [1.82, 2.24) is 4.90 Å². The lowest BCUT2D eigenvalue weighted by Gasteiger charge is -2.62. The molecular weight excluding hydrogens is 390 g/mol. The average Bonchev–Trinajstić information content (AvgIpc) is 2.65. The van der Waals surface area contributed by atoms with Crippen LogP contribution in [-0.4, -0.2) is 48.2 Å². The summed E-state index contributed by atoms with van der Waals surface area (Å²) < 4.78 is 6.53. The highest BCUT2D eigenvalue weighted by molar-refractivity contribution is 6.74. The average molecular weight is 428 g/mol. The Kier molecular flexibility index (Phi) is 5.04. The smallest absolute Gasteiger partial charge is 0.250 e. The summed E-state index contributed by atoms with van der Waals surface area (Å²) in [5, 5.41) is 23.7. The van der Waals surface area contributed by atoms with Crippen LogP contribution < -0.4 is 4.43 Å². The number of rotatable bonds is 4. The molecule has 0 unspecified atom stereocenters. The monoisotopic (exact) mass is 427 g/mol. The Morgan fingerprint density at radius 2 is 2.03 bits per heavy atom. The van der Waals surface area contributed by atoms with Crippen LogP contribution in [0.2, 0.25) is 18.1 Å². The number of aliphatic hydroxyl groups is 1. The van der Waals surface area contributed by atoms with E-state index in [0.717, 1.165) is 43.5 Å². The number of allylic oxidation sites excluding steroid dienone is 1. The van der Waals surface area contributed by atoms with E-state index >= 15 is 0 Å². The van der Waals surface area contributed by atoms with E-state index in [9.17, 15) is 10.2 Å². The maximum Gasteiger partial charge on any atom is 0.250 e. The lowest BCUT2D eigenvalue weighted by atomic mass is 9.51. The van der Waals surface area contributed by atoms with Crippen LogP contribution in [0.25, 0.3) is 0 Å². The number of nitrogens with zero attached hydrogens (tertiary/aromatic N) is 1. The number of piperidine rings is 1. The summed E-state index contributed by atoms with van der Waals surface area (Å²) in [6.45, 7) is 16.6. The van der Waals surface area contributed by atoms with Gasteiger partial charge in [-0.15, -0.1) is 6.58 Å². The molecule has 3 aliphatic rings. The van der Waals surface area contributed by atoms with Crippen molar-refractivity contribution in [3.63, 3.8) is 0 Å². The molecule has 2 N–H and O–H groups in total. The normalized spacial score (nSPS) is 31.1. The standard InChI is InChI=1S/C25H37NO3Si/c1-7-15-26-16-14-24-12-8-9-13-25(24,28)20(26)17-18-10-11-19(22(27)21(18)24)29-30(5,6)23(2,3)4/h7-8,10-12,20,27-28H,1,9,13-17H2,2-6H3/t20-,24+,25-/m1/s1. The van der Waals surface area contributed by atoms with Gasteiger partial charge in [0.2, 0.25) is 0 Å². The van der Waals surface area contributed by atoms with Gasteiger partial charge in [0.05, 0.1) is 5.60 Å². The molecule has 30 heavy (non-hydrogen) atoms. The molecule has 0 saturated carbocycles. The Hall–Kier alpha value is -1.56. The van der Waals surface area contributed by atoms with E-state index < -0.39 is 19.3 Å². The van der Waals surface area contributed by atoms with Crippen LogP contribution in [0, 0.1) is 0 Å². The second-order valence-corrected chi connectivity index (χ2v) is 15.6. The fraction of sp³-hybridized carbons (Fsp3) is 0.600. The van der Waals surface area contributed by atoms with Gasteiger partial charge in [-0.1, -0.05) is 45.1 Å². The third kappa shape index (κ3) is 2.93. The topological polar surface area (TPSA) is 52.9 Å². The Bertz CT molecular complexity index is 887. The van der Waals surface area contributed by atoms with Gasteiger partial charge in [-0.25, -0.2) is 0 Å². The Labute approximate surface area is 182 Å². The van der Waals surface area contributed by atoms with Gasteiger partial charge < -0.3 is 14.6 Å². The molecule has 0 aromatic heterocycles. The summed E-state index contributed by atoms with van der Waals surface area (Å²) in [7, 11) is -2.10. The number of phenolic OH excluding ortho intramolecular Hbond substituents is 1. The zero-order valence-corrected chi connectivity index (χ0v) is 20.2. The lowest BCUT2D eigenvalue weighted by molar-refractivity contribution is -0.136. The van der Waals surface area contributed by atoms with E-state index in [2.05, 4.69) is 63.6 Å². The van der Waals surface area contributed by atoms with Crippen LogP contribution in [0.1, 0.15) is 51.2 Å². The summed E-state index contributed by atoms with van der Waals surface area (Å²) in [5.74, 6) is 0.806. The molecule has 2 bridgehead atoms. The van der Waals surface area contributed by atoms with Crippen LogP contribution in [0.15, 0.2) is 36.9 Å². The molecule has 0 spiro atoms. The van der Waals surface area contributed by atoms with E-state index in [1.54, 1.807) is 0 Å². The second-order valence-electron chi connectivity index (χ2n) is 10.9. The van der Waals surface area contributed by atoms with Crippen LogP contribution in [0.4, 0.5) is 0 Å². The van der Waals surface area contributed by atoms with Crippen molar-refractivity contribution in [2.24, 2.45) is 0 Å². The summed E-state index contributed by atoms with van der Waals surface area (Å²) in [4.78, 5) is 2.37. The van der Waals surface area contributed by atoms with Gasteiger partial charge in [0.1, 0.15) is 5.75 Å². The van der Waals surface area contributed by atoms with Gasteiger partial charge in [-0.2, -0.15) is 0 Å². The van der Waals surface area contributed by atoms with E-state index in [4.69, 9.17) is 4.43 Å². The molecule has 0 radical (unpaired) electrons. The van der Waals surface area contributed by atoms with E-state index in [1.165, 1.54) is 0 Å². The SMILES string of the molecule is C=CCN1CC[C@]23C=CCC[C@@]2(O)[C@H]1Cc1ccc(O[Si](C)(C)C(C)(C)C)c(O)c13. The highest BCUT2D eigenvalue weighted by Crippen LogP contribution is 2.59. The predicted molar refractivity (Wildman–Crippen MR) is 125 cm³/mol. The van der Waals surface area contributed by atoms with E-state index in [1.807, 2.05) is 12.1 Å². The van der Waals surface area contributed by atoms with Crippen molar-refractivity contribution < 1.29 is 14.6 Å². The number of hydrogen-bond donors (Lipinski definition) is 2. The molecule has 1 fully saturated rings. The molecule has 3 atom stereocenters. The lowest BCUT2D eigenvalue weighted by Crippen LogP contribution is -2.71. The molecular formula is C25H37NO3Si. The maximum atomic E-state index is 12.1. The minimum atomic E-state index is -2.10. The zero-order valence-electron chi connectivity index (χ0n) is 19.2. The summed E-state index contributed by atoms with van der Waals surface area (Å²) >= 11 is 0. The number of likely N-dealkylation sites (tertiary alicyclic amines) is 1. The molecule has 2 aliphatic carbocycles. The van der Waals surface area contributed by atoms with Crippen molar-refractivity contribution >= 4 is 8.32 Å². The van der Waals surface area contributed by atoms with Gasteiger partial charge >= 0.3 is 0 Å². The molecule has 0 amide bonds. The van der Waals surface area contributed by atoms with Crippen molar-refractivity contribution in [2.75, 3.05) is 13.1 Å². The molecule has 1 aliphatic heterocycles. The van der Waals surface area contributed by atoms with Gasteiger partial charge in [0.25, 0.3) is 8.32 Å². The molecule has 4 rings (SSSR count). The van der Waals surface area contributed by atoms with Crippen LogP contribution in [0.5, 0.6) is 11.5 Å². The number of aromatic hydroxyl groups is 1. The van der Waals surface area contributed by atoms with Crippen LogP contribution in [0.3, 0.4) is 0 Å². The first-order valence-electron chi connectivity index (χ1n) is 11.3. The zero-order chi connectivity index (χ0) is 21.9. The Morgan fingerprint density at radius 3 is 2.70 bits per heavy atom. The number of benzene rings is 1. The number of phenols is 1. The summed E-state index contributed by atoms with van der Waals surface area (Å²) in [6, 6.07) is 4.09. The molecule has 1 aromatic carbocycles. The summed E-state index contributed by atoms with van der Waals surface area (Å²) in [5.41, 5.74) is 0.581. The van der Waals surface area contributed by atoms with Crippen LogP contribution >= 0.6 is 0 Å². The third-order valence-electron chi connectivity index (χ3n) is 8.27. The molecule has 4 nitrogen and oxygen atoms in total. The highest BCUT2D eigenvalue weighted by Gasteiger charge is 2.63. The number of hydrogen-bond acceptors (Lipinski definition) is 4. The fourth-order valence-electron chi connectivity index (χ4n) is 5.60. The Balaban J connectivity index is 1.86. The van der Waals surface area contributed by atoms with Crippen molar-refractivity contribution in [3.05, 3.63) is 48.1 Å². The number of fused-ring (bicyclic) bond motifs is 1. The summed E-state index contributed by atoms with van der Waals surface area (Å²) in [6.07, 6.45) is 9.41. The minimum absolute atomic E-state index is 0.0354. The fourth-order valence-corrected chi connectivity index (χ4v) is 6.62. The van der Waals surface area contributed by atoms with Crippen molar-refractivity contribution in [3.8, 4) is 11.5 Å². The Morgan fingerprint density at radius 1 is 1.30 bits per heavy atom. The van der Waals surface area contributed by atoms with E-state index in [-0.39, 0.29) is 16.8 Å². The quantitative estimate of drug-likeness (QED) is 0.529. The van der Waals surface area contributed by atoms with Gasteiger partial charge in [0.15, 0.2) is 5.75 Å². The minimum Gasteiger partial charge on any atom is -0.541 e. The molecule has 1 heterocycles. The molecule has 5 heteroatoms. The molecule has 1 saturated heterocycles. The van der Waals surface area contributed by atoms with Gasteiger partial charge in [0, 0.05) is 30.1 Å². The van der Waals surface area contributed by atoms with Crippen LogP contribution in [-0.2, 0) is 11.8 Å². The van der Waals surface area contributed by atoms with Crippen molar-refractivity contribution in [1.29, 1.82) is 0 Å². The third-order valence-corrected chi connectivity index (χ3v) is 12.6. The van der Waals surface area contributed by atoms with E-state index in [0.29, 0.717) is 12.2 Å². The molecule has 164 valence electrons.